The number of amides is 2. The van der Waals surface area contributed by atoms with Crippen LogP contribution in [0.2, 0.25) is 0 Å². The maximum atomic E-state index is 12.1. The molecule has 0 aliphatic rings. The molecule has 2 N–H and O–H groups in total. The lowest BCUT2D eigenvalue weighted by atomic mass is 10.1. The molecule has 24 heavy (non-hydrogen) atoms. The molecule has 0 radical (unpaired) electrons. The van der Waals surface area contributed by atoms with E-state index in [1.165, 1.54) is 12.1 Å². The molecule has 0 unspecified atom stereocenters. The SMILES string of the molecule is CCCN(CCC(=O)Nc1cccc([N+](=O)[O-])c1C)CC(=O)NC. The Hall–Kier alpha value is -2.48. The number of benzene rings is 1. The molecule has 0 fully saturated rings. The number of nitrogens with zero attached hydrogens (tertiary/aromatic N) is 2. The van der Waals surface area contributed by atoms with E-state index < -0.39 is 4.92 Å². The minimum Gasteiger partial charge on any atom is -0.358 e. The van der Waals surface area contributed by atoms with Gasteiger partial charge in [-0.15, -0.1) is 0 Å². The molecular formula is C16H24N4O4. The zero-order valence-corrected chi connectivity index (χ0v) is 14.3. The van der Waals surface area contributed by atoms with Gasteiger partial charge in [0.15, 0.2) is 0 Å². The Labute approximate surface area is 141 Å². The van der Waals surface area contributed by atoms with Gasteiger partial charge in [-0.1, -0.05) is 13.0 Å². The number of hydrogen-bond acceptors (Lipinski definition) is 5. The van der Waals surface area contributed by atoms with Gasteiger partial charge in [0.2, 0.25) is 11.8 Å². The molecule has 1 aromatic rings. The Morgan fingerprint density at radius 1 is 1.25 bits per heavy atom. The van der Waals surface area contributed by atoms with E-state index in [2.05, 4.69) is 10.6 Å². The van der Waals surface area contributed by atoms with Crippen molar-refractivity contribution in [1.29, 1.82) is 0 Å². The minimum absolute atomic E-state index is 0.0278. The number of carbonyl (C=O) groups excluding carboxylic acids is 2. The van der Waals surface area contributed by atoms with Gasteiger partial charge in [-0.05, 0) is 26.0 Å². The van der Waals surface area contributed by atoms with Crippen molar-refractivity contribution in [3.05, 3.63) is 33.9 Å². The van der Waals surface area contributed by atoms with Crippen molar-refractivity contribution in [2.24, 2.45) is 0 Å². The van der Waals surface area contributed by atoms with E-state index in [4.69, 9.17) is 0 Å². The molecule has 0 bridgehead atoms. The molecule has 0 atom stereocenters. The van der Waals surface area contributed by atoms with Gasteiger partial charge in [0, 0.05) is 26.1 Å². The second-order valence-corrected chi connectivity index (χ2v) is 5.45. The van der Waals surface area contributed by atoms with Crippen LogP contribution in [0.3, 0.4) is 0 Å². The maximum Gasteiger partial charge on any atom is 0.274 e. The number of anilines is 1. The van der Waals surface area contributed by atoms with E-state index in [0.717, 1.165) is 13.0 Å². The summed E-state index contributed by atoms with van der Waals surface area (Å²) in [6.45, 7) is 5.01. The summed E-state index contributed by atoms with van der Waals surface area (Å²) < 4.78 is 0. The highest BCUT2D eigenvalue weighted by molar-refractivity contribution is 5.92. The molecule has 0 saturated carbocycles. The fraction of sp³-hybridized carbons (Fsp3) is 0.500. The highest BCUT2D eigenvalue weighted by Crippen LogP contribution is 2.25. The van der Waals surface area contributed by atoms with Crippen LogP contribution in [0, 0.1) is 17.0 Å². The molecule has 132 valence electrons. The van der Waals surface area contributed by atoms with Gasteiger partial charge in [-0.25, -0.2) is 0 Å². The summed E-state index contributed by atoms with van der Waals surface area (Å²) in [5.74, 6) is -0.338. The van der Waals surface area contributed by atoms with Crippen molar-refractivity contribution in [3.63, 3.8) is 0 Å². The molecule has 0 heterocycles. The van der Waals surface area contributed by atoms with Crippen LogP contribution in [0.15, 0.2) is 18.2 Å². The molecule has 8 nitrogen and oxygen atoms in total. The lowest BCUT2D eigenvalue weighted by Crippen LogP contribution is -2.37. The molecule has 0 aliphatic heterocycles. The van der Waals surface area contributed by atoms with Gasteiger partial charge in [0.1, 0.15) is 0 Å². The van der Waals surface area contributed by atoms with E-state index in [1.54, 1.807) is 20.0 Å². The van der Waals surface area contributed by atoms with E-state index in [1.807, 2.05) is 11.8 Å². The first-order valence-corrected chi connectivity index (χ1v) is 7.85. The lowest BCUT2D eigenvalue weighted by Gasteiger charge is -2.20. The predicted molar refractivity (Wildman–Crippen MR) is 91.9 cm³/mol. The van der Waals surface area contributed by atoms with Gasteiger partial charge in [-0.2, -0.15) is 0 Å². The topological polar surface area (TPSA) is 105 Å². The smallest absolute Gasteiger partial charge is 0.274 e. The fourth-order valence-electron chi connectivity index (χ4n) is 2.30. The summed E-state index contributed by atoms with van der Waals surface area (Å²) >= 11 is 0. The number of rotatable bonds is 9. The van der Waals surface area contributed by atoms with Crippen molar-refractivity contribution in [2.75, 3.05) is 32.0 Å². The summed E-state index contributed by atoms with van der Waals surface area (Å²) in [6, 6.07) is 4.57. The van der Waals surface area contributed by atoms with Gasteiger partial charge in [-0.3, -0.25) is 24.6 Å². The van der Waals surface area contributed by atoms with E-state index >= 15 is 0 Å². The molecule has 0 saturated heterocycles. The molecule has 8 heteroatoms. The Kier molecular flexibility index (Phi) is 7.84. The lowest BCUT2D eigenvalue weighted by molar-refractivity contribution is -0.385. The molecule has 0 aromatic heterocycles. The maximum absolute atomic E-state index is 12.1. The zero-order chi connectivity index (χ0) is 18.1. The van der Waals surface area contributed by atoms with Crippen LogP contribution in [-0.4, -0.2) is 48.3 Å². The monoisotopic (exact) mass is 336 g/mol. The molecule has 0 aliphatic carbocycles. The third-order valence-electron chi connectivity index (χ3n) is 3.62. The number of carbonyl (C=O) groups is 2. The number of nitrogens with one attached hydrogen (secondary N) is 2. The number of nitro groups is 1. The molecule has 1 rings (SSSR count). The molecular weight excluding hydrogens is 312 g/mol. The zero-order valence-electron chi connectivity index (χ0n) is 14.3. The Morgan fingerprint density at radius 3 is 2.54 bits per heavy atom. The first-order valence-electron chi connectivity index (χ1n) is 7.85. The average molecular weight is 336 g/mol. The van der Waals surface area contributed by atoms with Crippen molar-refractivity contribution < 1.29 is 14.5 Å². The Bertz CT molecular complexity index is 604. The summed E-state index contributed by atoms with van der Waals surface area (Å²) in [5, 5.41) is 16.2. The summed E-state index contributed by atoms with van der Waals surface area (Å²) in [4.78, 5) is 35.9. The molecule has 1 aromatic carbocycles. The van der Waals surface area contributed by atoms with E-state index in [9.17, 15) is 19.7 Å². The van der Waals surface area contributed by atoms with Gasteiger partial charge >= 0.3 is 0 Å². The van der Waals surface area contributed by atoms with Crippen molar-refractivity contribution in [2.45, 2.75) is 26.7 Å². The fourth-order valence-corrected chi connectivity index (χ4v) is 2.30. The number of hydrogen-bond donors (Lipinski definition) is 2. The first-order chi connectivity index (χ1) is 11.4. The summed E-state index contributed by atoms with van der Waals surface area (Å²) in [6.07, 6.45) is 1.09. The van der Waals surface area contributed by atoms with Crippen LogP contribution < -0.4 is 10.6 Å². The van der Waals surface area contributed by atoms with Crippen LogP contribution >= 0.6 is 0 Å². The number of likely N-dealkylation sites (N-methyl/N-ethyl adjacent to an activating group) is 1. The Morgan fingerprint density at radius 2 is 1.96 bits per heavy atom. The Balaban J connectivity index is 2.64. The van der Waals surface area contributed by atoms with Crippen molar-refractivity contribution in [3.8, 4) is 0 Å². The van der Waals surface area contributed by atoms with Crippen LogP contribution in [0.5, 0.6) is 0 Å². The third-order valence-corrected chi connectivity index (χ3v) is 3.62. The van der Waals surface area contributed by atoms with Crippen LogP contribution in [0.25, 0.3) is 0 Å². The third kappa shape index (κ3) is 5.96. The van der Waals surface area contributed by atoms with E-state index in [0.29, 0.717) is 17.8 Å². The van der Waals surface area contributed by atoms with Crippen molar-refractivity contribution >= 4 is 23.2 Å². The van der Waals surface area contributed by atoms with Crippen LogP contribution in [0.1, 0.15) is 25.3 Å². The first kappa shape index (κ1) is 19.6. The quantitative estimate of drug-likeness (QED) is 0.527. The molecule has 2 amide bonds. The van der Waals surface area contributed by atoms with Crippen LogP contribution in [-0.2, 0) is 9.59 Å². The normalized spacial score (nSPS) is 10.5. The molecule has 0 spiro atoms. The number of nitro benzene ring substituents is 1. The standard InChI is InChI=1S/C16H24N4O4/c1-4-9-19(11-16(22)17-3)10-8-15(21)18-13-6-5-7-14(12(13)2)20(23)24/h5-7H,4,8-11H2,1-3H3,(H,17,22)(H,18,21). The summed E-state index contributed by atoms with van der Waals surface area (Å²) in [5.41, 5.74) is 0.828. The summed E-state index contributed by atoms with van der Waals surface area (Å²) in [7, 11) is 1.57. The van der Waals surface area contributed by atoms with Crippen LogP contribution in [0.4, 0.5) is 11.4 Å². The second kappa shape index (κ2) is 9.61. The largest absolute Gasteiger partial charge is 0.358 e. The predicted octanol–water partition coefficient (Wildman–Crippen LogP) is 1.69. The highest BCUT2D eigenvalue weighted by atomic mass is 16.6. The average Bonchev–Trinajstić information content (AvgIpc) is 2.54. The van der Waals surface area contributed by atoms with E-state index in [-0.39, 0.29) is 30.5 Å². The van der Waals surface area contributed by atoms with Crippen molar-refractivity contribution in [1.82, 2.24) is 10.2 Å². The second-order valence-electron chi connectivity index (χ2n) is 5.45. The highest BCUT2D eigenvalue weighted by Gasteiger charge is 2.16. The van der Waals surface area contributed by atoms with Gasteiger partial charge in [0.25, 0.3) is 5.69 Å². The van der Waals surface area contributed by atoms with Gasteiger partial charge in [0.05, 0.1) is 22.7 Å². The minimum atomic E-state index is -0.475. The van der Waals surface area contributed by atoms with Gasteiger partial charge < -0.3 is 10.6 Å².